The lowest BCUT2D eigenvalue weighted by atomic mass is 9.79. The highest BCUT2D eigenvalue weighted by molar-refractivity contribution is 7.15. The van der Waals surface area contributed by atoms with Crippen molar-refractivity contribution in [3.8, 4) is 0 Å². The average molecular weight is 397 g/mol. The maximum absolute atomic E-state index is 12.0. The van der Waals surface area contributed by atoms with E-state index < -0.39 is 36.0 Å². The van der Waals surface area contributed by atoms with Crippen LogP contribution in [0.5, 0.6) is 0 Å². The fraction of sp³-hybridized carbons (Fsp3) is 0.667. The first kappa shape index (κ1) is 21.7. The van der Waals surface area contributed by atoms with Gasteiger partial charge in [-0.2, -0.15) is 0 Å². The number of ether oxygens (including phenoxy) is 2. The Kier molecular flexibility index (Phi) is 5.99. The third-order valence-corrected chi connectivity index (χ3v) is 5.66. The van der Waals surface area contributed by atoms with Crippen LogP contribution in [-0.4, -0.2) is 43.1 Å². The van der Waals surface area contributed by atoms with E-state index in [1.807, 2.05) is 27.7 Å². The maximum Gasteiger partial charge on any atom is 0.496 e. The Hall–Kier alpha value is -1.58. The molecule has 1 aromatic rings. The van der Waals surface area contributed by atoms with Gasteiger partial charge in [-0.1, -0.05) is 0 Å². The number of carbonyl (C=O) groups is 2. The number of thiophene rings is 1. The van der Waals surface area contributed by atoms with Gasteiger partial charge in [0.05, 0.1) is 24.9 Å². The van der Waals surface area contributed by atoms with E-state index in [0.717, 1.165) is 4.88 Å². The molecule has 0 spiro atoms. The Balaban J connectivity index is 2.25. The fourth-order valence-corrected chi connectivity index (χ4v) is 3.45. The number of nitrogens with one attached hydrogen (secondary N) is 1. The molecule has 0 unspecified atom stereocenters. The summed E-state index contributed by atoms with van der Waals surface area (Å²) in [7, 11) is 0.690. The van der Waals surface area contributed by atoms with Crippen LogP contribution in [0.2, 0.25) is 0 Å². The lowest BCUT2D eigenvalue weighted by Crippen LogP contribution is -2.41. The van der Waals surface area contributed by atoms with Crippen LogP contribution in [-0.2, 0) is 25.3 Å². The van der Waals surface area contributed by atoms with E-state index in [0.29, 0.717) is 10.3 Å². The molecule has 1 fully saturated rings. The van der Waals surface area contributed by atoms with Crippen LogP contribution < -0.4 is 10.8 Å². The average Bonchev–Trinajstić information content (AvgIpc) is 3.01. The highest BCUT2D eigenvalue weighted by Gasteiger charge is 2.52. The summed E-state index contributed by atoms with van der Waals surface area (Å²) < 4.78 is 22.3. The summed E-state index contributed by atoms with van der Waals surface area (Å²) in [6, 6.07) is 1.70. The molecule has 1 N–H and O–H groups in total. The van der Waals surface area contributed by atoms with Gasteiger partial charge in [0.1, 0.15) is 10.5 Å². The van der Waals surface area contributed by atoms with E-state index in [2.05, 4.69) is 5.32 Å². The predicted molar refractivity (Wildman–Crippen MR) is 104 cm³/mol. The first-order chi connectivity index (χ1) is 12.3. The van der Waals surface area contributed by atoms with Gasteiger partial charge in [-0.3, -0.25) is 0 Å². The van der Waals surface area contributed by atoms with Crippen LogP contribution in [0.3, 0.4) is 0 Å². The van der Waals surface area contributed by atoms with E-state index in [-0.39, 0.29) is 6.54 Å². The zero-order chi connectivity index (χ0) is 20.6. The number of alkyl carbamates (subject to hydrolysis) is 1. The monoisotopic (exact) mass is 397 g/mol. The second-order valence-corrected chi connectivity index (χ2v) is 9.56. The summed E-state index contributed by atoms with van der Waals surface area (Å²) in [4.78, 5) is 25.1. The maximum atomic E-state index is 12.0. The predicted octanol–water partition coefficient (Wildman–Crippen LogP) is 2.86. The molecule has 0 radical (unpaired) electrons. The normalized spacial score (nSPS) is 18.3. The Morgan fingerprint density at radius 2 is 1.74 bits per heavy atom. The Morgan fingerprint density at radius 3 is 2.22 bits per heavy atom. The van der Waals surface area contributed by atoms with E-state index in [9.17, 15) is 9.59 Å². The molecule has 0 atom stereocenters. The topological polar surface area (TPSA) is 83.1 Å². The van der Waals surface area contributed by atoms with Gasteiger partial charge < -0.3 is 24.1 Å². The van der Waals surface area contributed by atoms with Crippen molar-refractivity contribution >= 4 is 36.0 Å². The summed E-state index contributed by atoms with van der Waals surface area (Å²) >= 11 is 1.23. The molecular formula is C18H28BNO6S. The first-order valence-corrected chi connectivity index (χ1v) is 9.61. The minimum Gasteiger partial charge on any atom is -0.465 e. The Labute approximate surface area is 164 Å². The van der Waals surface area contributed by atoms with Gasteiger partial charge in [0, 0.05) is 4.88 Å². The summed E-state index contributed by atoms with van der Waals surface area (Å²) in [6.45, 7) is 13.4. The zero-order valence-corrected chi connectivity index (χ0v) is 18.0. The van der Waals surface area contributed by atoms with Crippen LogP contribution in [0.4, 0.5) is 4.79 Å². The van der Waals surface area contributed by atoms with Gasteiger partial charge >= 0.3 is 19.2 Å². The van der Waals surface area contributed by atoms with Crippen molar-refractivity contribution in [3.05, 3.63) is 15.8 Å². The lowest BCUT2D eigenvalue weighted by molar-refractivity contribution is 0.00578. The fourth-order valence-electron chi connectivity index (χ4n) is 2.42. The molecule has 0 aliphatic carbocycles. The molecule has 0 saturated carbocycles. The van der Waals surface area contributed by atoms with Crippen molar-refractivity contribution in [3.63, 3.8) is 0 Å². The van der Waals surface area contributed by atoms with Crippen LogP contribution in [0.15, 0.2) is 6.07 Å². The van der Waals surface area contributed by atoms with Gasteiger partial charge in [0.2, 0.25) is 0 Å². The number of methoxy groups -OCH3 is 1. The SMILES string of the molecule is COC(=O)c1cc(B2OC(C)(C)C(C)(C)O2)c(CNC(=O)OC(C)(C)C)s1. The molecule has 0 bridgehead atoms. The molecule has 0 aromatic carbocycles. The summed E-state index contributed by atoms with van der Waals surface area (Å²) in [5.41, 5.74) is -0.914. The standard InChI is InChI=1S/C18H28BNO6S/c1-16(2,3)24-15(22)20-10-13-11(9-12(27-13)14(21)23-8)19-25-17(4,5)18(6,7)26-19/h9H,10H2,1-8H3,(H,20,22). The van der Waals surface area contributed by atoms with Crippen LogP contribution in [0, 0.1) is 0 Å². The van der Waals surface area contributed by atoms with Gasteiger partial charge in [0.25, 0.3) is 0 Å². The number of carbonyl (C=O) groups excluding carboxylic acids is 2. The minimum atomic E-state index is -0.639. The Bertz CT molecular complexity index is 706. The van der Waals surface area contributed by atoms with Gasteiger partial charge in [-0.15, -0.1) is 11.3 Å². The number of rotatable bonds is 4. The third-order valence-electron chi connectivity index (χ3n) is 4.53. The Morgan fingerprint density at radius 1 is 1.19 bits per heavy atom. The van der Waals surface area contributed by atoms with Crippen molar-refractivity contribution in [2.45, 2.75) is 71.8 Å². The molecule has 1 saturated heterocycles. The van der Waals surface area contributed by atoms with Crippen molar-refractivity contribution in [2.75, 3.05) is 7.11 Å². The van der Waals surface area contributed by atoms with E-state index >= 15 is 0 Å². The summed E-state index contributed by atoms with van der Waals surface area (Å²) in [5, 5.41) is 2.72. The molecule has 2 rings (SSSR count). The number of amides is 1. The third kappa shape index (κ3) is 5.03. The van der Waals surface area contributed by atoms with Crippen molar-refractivity contribution in [2.24, 2.45) is 0 Å². The van der Waals surface area contributed by atoms with E-state index in [4.69, 9.17) is 18.8 Å². The van der Waals surface area contributed by atoms with Crippen LogP contribution in [0.25, 0.3) is 0 Å². The molecule has 27 heavy (non-hydrogen) atoms. The second-order valence-electron chi connectivity index (χ2n) is 8.42. The number of esters is 1. The molecule has 150 valence electrons. The molecule has 1 aromatic heterocycles. The highest BCUT2D eigenvalue weighted by Crippen LogP contribution is 2.37. The molecular weight excluding hydrogens is 369 g/mol. The van der Waals surface area contributed by atoms with Gasteiger partial charge in [-0.25, -0.2) is 9.59 Å². The molecule has 7 nitrogen and oxygen atoms in total. The summed E-state index contributed by atoms with van der Waals surface area (Å²) in [6.07, 6.45) is -0.532. The highest BCUT2D eigenvalue weighted by atomic mass is 32.1. The molecule has 1 aliphatic heterocycles. The minimum absolute atomic E-state index is 0.190. The van der Waals surface area contributed by atoms with Crippen LogP contribution >= 0.6 is 11.3 Å². The summed E-state index contributed by atoms with van der Waals surface area (Å²) in [5.74, 6) is -0.443. The zero-order valence-electron chi connectivity index (χ0n) is 17.2. The largest absolute Gasteiger partial charge is 0.496 e. The molecule has 1 aliphatic rings. The van der Waals surface area contributed by atoms with Gasteiger partial charge in [-0.05, 0) is 60.0 Å². The van der Waals surface area contributed by atoms with Crippen LogP contribution in [0.1, 0.15) is 63.0 Å². The molecule has 2 heterocycles. The number of hydrogen-bond donors (Lipinski definition) is 1. The van der Waals surface area contributed by atoms with Crippen molar-refractivity contribution in [1.82, 2.24) is 5.32 Å². The van der Waals surface area contributed by atoms with Gasteiger partial charge in [0.15, 0.2) is 0 Å². The van der Waals surface area contributed by atoms with E-state index in [1.54, 1.807) is 26.8 Å². The van der Waals surface area contributed by atoms with E-state index in [1.165, 1.54) is 18.4 Å². The second kappa shape index (κ2) is 7.45. The quantitative estimate of drug-likeness (QED) is 0.622. The number of hydrogen-bond acceptors (Lipinski definition) is 7. The smallest absolute Gasteiger partial charge is 0.465 e. The van der Waals surface area contributed by atoms with Crippen molar-refractivity contribution < 1.29 is 28.4 Å². The first-order valence-electron chi connectivity index (χ1n) is 8.79. The van der Waals surface area contributed by atoms with Crippen molar-refractivity contribution in [1.29, 1.82) is 0 Å². The molecule has 1 amide bonds. The lowest BCUT2D eigenvalue weighted by Gasteiger charge is -2.32. The molecule has 9 heteroatoms.